The van der Waals surface area contributed by atoms with Gasteiger partial charge < -0.3 is 10.6 Å². The van der Waals surface area contributed by atoms with Gasteiger partial charge in [-0.25, -0.2) is 0 Å². The molecule has 2 nitrogen and oxygen atoms in total. The number of hydrogen-bond donors (Lipinski definition) is 1. The highest BCUT2D eigenvalue weighted by Gasteiger charge is 2.19. The normalized spacial score (nSPS) is 21.7. The van der Waals surface area contributed by atoms with E-state index in [1.807, 2.05) is 11.8 Å². The van der Waals surface area contributed by atoms with Crippen LogP contribution in [0.15, 0.2) is 24.3 Å². The molecule has 1 aromatic carbocycles. The van der Waals surface area contributed by atoms with Crippen LogP contribution in [-0.4, -0.2) is 30.6 Å². The Morgan fingerprint density at radius 2 is 2.40 bits per heavy atom. The molecule has 2 N–H and O–H groups in total. The molecule has 0 saturated carbocycles. The SMILES string of the molecule is Cc1cccc(N2CCSC(CN)C2)c1. The van der Waals surface area contributed by atoms with E-state index in [-0.39, 0.29) is 0 Å². The molecule has 3 heteroatoms. The first kappa shape index (κ1) is 10.8. The Hall–Kier alpha value is -0.670. The van der Waals surface area contributed by atoms with Gasteiger partial charge in [0.1, 0.15) is 0 Å². The predicted molar refractivity (Wildman–Crippen MR) is 68.7 cm³/mol. The van der Waals surface area contributed by atoms with E-state index in [2.05, 4.69) is 36.1 Å². The van der Waals surface area contributed by atoms with E-state index in [4.69, 9.17) is 5.73 Å². The zero-order chi connectivity index (χ0) is 10.7. The van der Waals surface area contributed by atoms with Crippen LogP contribution in [0.4, 0.5) is 5.69 Å². The minimum Gasteiger partial charge on any atom is -0.370 e. The van der Waals surface area contributed by atoms with Gasteiger partial charge in [-0.1, -0.05) is 12.1 Å². The van der Waals surface area contributed by atoms with Gasteiger partial charge in [0.15, 0.2) is 0 Å². The van der Waals surface area contributed by atoms with Crippen molar-refractivity contribution in [2.75, 3.05) is 30.3 Å². The molecule has 0 aliphatic carbocycles. The Bertz CT molecular complexity index is 327. The van der Waals surface area contributed by atoms with Crippen molar-refractivity contribution < 1.29 is 0 Å². The van der Waals surface area contributed by atoms with Crippen molar-refractivity contribution >= 4 is 17.4 Å². The third kappa shape index (κ3) is 2.67. The molecule has 1 atom stereocenters. The summed E-state index contributed by atoms with van der Waals surface area (Å²) in [5, 5.41) is 0.597. The molecule has 1 aliphatic rings. The maximum Gasteiger partial charge on any atom is 0.0369 e. The lowest BCUT2D eigenvalue weighted by atomic mass is 10.2. The van der Waals surface area contributed by atoms with Crippen LogP contribution < -0.4 is 10.6 Å². The maximum absolute atomic E-state index is 5.73. The summed E-state index contributed by atoms with van der Waals surface area (Å²) in [7, 11) is 0. The fourth-order valence-electron chi connectivity index (χ4n) is 1.92. The lowest BCUT2D eigenvalue weighted by Gasteiger charge is -2.33. The fourth-order valence-corrected chi connectivity index (χ4v) is 3.00. The highest BCUT2D eigenvalue weighted by molar-refractivity contribution is 8.00. The van der Waals surface area contributed by atoms with Gasteiger partial charge in [-0.3, -0.25) is 0 Å². The molecule has 0 amide bonds. The second kappa shape index (κ2) is 4.90. The monoisotopic (exact) mass is 222 g/mol. The number of nitrogens with zero attached hydrogens (tertiary/aromatic N) is 1. The average molecular weight is 222 g/mol. The summed E-state index contributed by atoms with van der Waals surface area (Å²) in [6, 6.07) is 8.71. The van der Waals surface area contributed by atoms with Crippen LogP contribution in [0.1, 0.15) is 5.56 Å². The first-order valence-electron chi connectivity index (χ1n) is 5.43. The van der Waals surface area contributed by atoms with Gasteiger partial charge >= 0.3 is 0 Å². The zero-order valence-corrected chi connectivity index (χ0v) is 9.96. The standard InChI is InChI=1S/C12H18N2S/c1-10-3-2-4-11(7-10)14-5-6-15-12(8-13)9-14/h2-4,7,12H,5-6,8-9,13H2,1H3. The number of thioether (sulfide) groups is 1. The highest BCUT2D eigenvalue weighted by atomic mass is 32.2. The highest BCUT2D eigenvalue weighted by Crippen LogP contribution is 2.23. The molecule has 1 unspecified atom stereocenters. The van der Waals surface area contributed by atoms with E-state index in [0.29, 0.717) is 5.25 Å². The summed E-state index contributed by atoms with van der Waals surface area (Å²) in [5.41, 5.74) is 8.40. The summed E-state index contributed by atoms with van der Waals surface area (Å²) in [5.74, 6) is 1.19. The molecule has 0 spiro atoms. The van der Waals surface area contributed by atoms with E-state index in [0.717, 1.165) is 19.6 Å². The minimum absolute atomic E-state index is 0.597. The van der Waals surface area contributed by atoms with E-state index in [9.17, 15) is 0 Å². The predicted octanol–water partition coefficient (Wildman–Crippen LogP) is 1.88. The molecule has 1 fully saturated rings. The second-order valence-electron chi connectivity index (χ2n) is 4.01. The van der Waals surface area contributed by atoms with E-state index in [1.54, 1.807) is 0 Å². The lowest BCUT2D eigenvalue weighted by Crippen LogP contribution is -2.41. The molecule has 82 valence electrons. The van der Waals surface area contributed by atoms with Crippen molar-refractivity contribution in [2.45, 2.75) is 12.2 Å². The van der Waals surface area contributed by atoms with E-state index < -0.39 is 0 Å². The van der Waals surface area contributed by atoms with Gasteiger partial charge in [-0.2, -0.15) is 11.8 Å². The van der Waals surface area contributed by atoms with Crippen LogP contribution in [0.3, 0.4) is 0 Å². The smallest absolute Gasteiger partial charge is 0.0369 e. The summed E-state index contributed by atoms with van der Waals surface area (Å²) >= 11 is 2.00. The second-order valence-corrected chi connectivity index (χ2v) is 5.42. The van der Waals surface area contributed by atoms with Crippen LogP contribution in [0, 0.1) is 6.92 Å². The van der Waals surface area contributed by atoms with Crippen LogP contribution in [0.5, 0.6) is 0 Å². The van der Waals surface area contributed by atoms with Gasteiger partial charge in [-0.05, 0) is 24.6 Å². The molecule has 2 rings (SSSR count). The van der Waals surface area contributed by atoms with Gasteiger partial charge in [0, 0.05) is 36.3 Å². The molecule has 0 radical (unpaired) electrons. The van der Waals surface area contributed by atoms with Crippen LogP contribution in [0.25, 0.3) is 0 Å². The van der Waals surface area contributed by atoms with Crippen molar-refractivity contribution in [1.29, 1.82) is 0 Å². The first-order valence-corrected chi connectivity index (χ1v) is 6.48. The molecule has 1 saturated heterocycles. The van der Waals surface area contributed by atoms with Gasteiger partial charge in [-0.15, -0.1) is 0 Å². The summed E-state index contributed by atoms with van der Waals surface area (Å²) < 4.78 is 0. The molecule has 1 aromatic rings. The van der Waals surface area contributed by atoms with E-state index >= 15 is 0 Å². The van der Waals surface area contributed by atoms with Crippen LogP contribution in [0.2, 0.25) is 0 Å². The van der Waals surface area contributed by atoms with Crippen molar-refractivity contribution in [3.63, 3.8) is 0 Å². The minimum atomic E-state index is 0.597. The van der Waals surface area contributed by atoms with Crippen LogP contribution in [-0.2, 0) is 0 Å². The van der Waals surface area contributed by atoms with Gasteiger partial charge in [0.2, 0.25) is 0 Å². The molecule has 1 aliphatic heterocycles. The van der Waals surface area contributed by atoms with Crippen molar-refractivity contribution in [2.24, 2.45) is 5.73 Å². The lowest BCUT2D eigenvalue weighted by molar-refractivity contribution is 0.748. The first-order chi connectivity index (χ1) is 7.29. The van der Waals surface area contributed by atoms with E-state index in [1.165, 1.54) is 17.0 Å². The Labute approximate surface area is 95.8 Å². The molecular weight excluding hydrogens is 204 g/mol. The number of nitrogens with two attached hydrogens (primary N) is 1. The Balaban J connectivity index is 2.09. The number of rotatable bonds is 2. The third-order valence-electron chi connectivity index (χ3n) is 2.77. The fraction of sp³-hybridized carbons (Fsp3) is 0.500. The molecule has 0 bridgehead atoms. The summed E-state index contributed by atoms with van der Waals surface area (Å²) in [6.07, 6.45) is 0. The summed E-state index contributed by atoms with van der Waals surface area (Å²) in [4.78, 5) is 2.45. The Kier molecular flexibility index (Phi) is 3.54. The summed E-state index contributed by atoms with van der Waals surface area (Å²) in [6.45, 7) is 5.16. The quantitative estimate of drug-likeness (QED) is 0.828. The average Bonchev–Trinajstić information content (AvgIpc) is 2.29. The third-order valence-corrected chi connectivity index (χ3v) is 4.00. The van der Waals surface area contributed by atoms with Crippen molar-refractivity contribution in [1.82, 2.24) is 0 Å². The molecular formula is C12H18N2S. The Morgan fingerprint density at radius 1 is 1.53 bits per heavy atom. The Morgan fingerprint density at radius 3 is 3.13 bits per heavy atom. The van der Waals surface area contributed by atoms with Crippen molar-refractivity contribution in [3.8, 4) is 0 Å². The maximum atomic E-state index is 5.73. The van der Waals surface area contributed by atoms with Crippen LogP contribution >= 0.6 is 11.8 Å². The zero-order valence-electron chi connectivity index (χ0n) is 9.15. The number of anilines is 1. The molecule has 15 heavy (non-hydrogen) atoms. The van der Waals surface area contributed by atoms with Crippen molar-refractivity contribution in [3.05, 3.63) is 29.8 Å². The molecule has 1 heterocycles. The largest absolute Gasteiger partial charge is 0.370 e. The number of benzene rings is 1. The van der Waals surface area contributed by atoms with Gasteiger partial charge in [0.25, 0.3) is 0 Å². The van der Waals surface area contributed by atoms with Gasteiger partial charge in [0.05, 0.1) is 0 Å². The number of hydrogen-bond acceptors (Lipinski definition) is 3. The number of aryl methyl sites for hydroxylation is 1. The molecule has 0 aromatic heterocycles. The topological polar surface area (TPSA) is 29.3 Å².